The Morgan fingerprint density at radius 3 is 2.54 bits per heavy atom. The Labute approximate surface area is 151 Å². The van der Waals surface area contributed by atoms with Crippen LogP contribution in [0.1, 0.15) is 42.0 Å². The van der Waals surface area contributed by atoms with Crippen molar-refractivity contribution in [3.8, 4) is 0 Å². The number of primary sulfonamides is 1. The molecule has 2 aliphatic rings. The quantitative estimate of drug-likeness (QED) is 0.583. The maximum absolute atomic E-state index is 12.2. The number of rotatable bonds is 8. The molecule has 0 unspecified atom stereocenters. The van der Waals surface area contributed by atoms with Crippen LogP contribution in [0.25, 0.3) is 0 Å². The largest absolute Gasteiger partial charge is 0.480 e. The van der Waals surface area contributed by atoms with Crippen LogP contribution in [0.4, 0.5) is 0 Å². The van der Waals surface area contributed by atoms with Gasteiger partial charge in [0, 0.05) is 24.7 Å². The van der Waals surface area contributed by atoms with Gasteiger partial charge >= 0.3 is 5.97 Å². The Morgan fingerprint density at radius 2 is 2.04 bits per heavy atom. The van der Waals surface area contributed by atoms with Gasteiger partial charge < -0.3 is 14.8 Å². The summed E-state index contributed by atoms with van der Waals surface area (Å²) in [7, 11) is -3.94. The van der Waals surface area contributed by atoms with E-state index in [2.05, 4.69) is 5.32 Å². The lowest BCUT2D eigenvalue weighted by Gasteiger charge is -2.42. The molecular weight excluding hydrogens is 362 g/mol. The topological polar surface area (TPSA) is 143 Å². The highest BCUT2D eigenvalue weighted by Gasteiger charge is 2.38. The third-order valence-electron chi connectivity index (χ3n) is 4.90. The van der Waals surface area contributed by atoms with Crippen LogP contribution in [0.15, 0.2) is 15.4 Å². The van der Waals surface area contributed by atoms with Gasteiger partial charge in [0.2, 0.25) is 10.0 Å². The highest BCUT2D eigenvalue weighted by molar-refractivity contribution is 7.89. The maximum atomic E-state index is 12.2. The predicted molar refractivity (Wildman–Crippen MR) is 91.0 cm³/mol. The van der Waals surface area contributed by atoms with Gasteiger partial charge in [0.15, 0.2) is 5.76 Å². The maximum Gasteiger partial charge on any atom is 0.317 e. The van der Waals surface area contributed by atoms with Crippen molar-refractivity contribution >= 4 is 21.9 Å². The lowest BCUT2D eigenvalue weighted by Crippen LogP contribution is -2.55. The summed E-state index contributed by atoms with van der Waals surface area (Å²) in [5, 5.41) is 16.9. The van der Waals surface area contributed by atoms with Crippen LogP contribution in [0.2, 0.25) is 0 Å². The second-order valence-corrected chi connectivity index (χ2v) is 8.67. The van der Waals surface area contributed by atoms with Gasteiger partial charge in [-0.25, -0.2) is 13.6 Å². The van der Waals surface area contributed by atoms with E-state index >= 15 is 0 Å². The molecule has 0 aliphatic heterocycles. The molecule has 0 saturated heterocycles. The number of nitrogens with zero attached hydrogens (tertiary/aromatic N) is 1. The minimum atomic E-state index is -3.94. The number of nitrogens with two attached hydrogens (primary N) is 1. The summed E-state index contributed by atoms with van der Waals surface area (Å²) in [5.41, 5.74) is 0. The van der Waals surface area contributed by atoms with Gasteiger partial charge in [0.05, 0.1) is 6.54 Å². The van der Waals surface area contributed by atoms with E-state index in [9.17, 15) is 18.0 Å². The number of carboxylic acids is 1. The Balaban J connectivity index is 1.54. The molecule has 0 spiro atoms. The third-order valence-corrected chi connectivity index (χ3v) is 5.91. The van der Waals surface area contributed by atoms with E-state index in [1.807, 2.05) is 4.90 Å². The van der Waals surface area contributed by atoms with Crippen molar-refractivity contribution < 1.29 is 27.5 Å². The molecule has 0 radical (unpaired) electrons. The van der Waals surface area contributed by atoms with Gasteiger partial charge in [0.25, 0.3) is 5.91 Å². The number of sulfonamides is 1. The van der Waals surface area contributed by atoms with E-state index in [0.717, 1.165) is 25.5 Å². The summed E-state index contributed by atoms with van der Waals surface area (Å²) in [6, 6.07) is 1.17. The van der Waals surface area contributed by atoms with Crippen LogP contribution >= 0.6 is 0 Å². The predicted octanol–water partition coefficient (Wildman–Crippen LogP) is 0.293. The zero-order valence-electron chi connectivity index (χ0n) is 14.5. The number of aryl methyl sites for hydroxylation is 1. The van der Waals surface area contributed by atoms with Crippen LogP contribution in [-0.2, 0) is 14.8 Å². The number of amides is 1. The number of nitrogens with one attached hydrogen (secondary N) is 1. The summed E-state index contributed by atoms with van der Waals surface area (Å²) in [6.45, 7) is 2.22. The SMILES string of the molecule is Cc1oc(C(=O)NC2CC(N(CC(=O)O)CC3CC3)C2)cc1S(N)(=O)=O. The van der Waals surface area contributed by atoms with E-state index < -0.39 is 21.9 Å². The van der Waals surface area contributed by atoms with Gasteiger partial charge in [-0.3, -0.25) is 14.5 Å². The first-order valence-electron chi connectivity index (χ1n) is 8.53. The molecule has 9 nitrogen and oxygen atoms in total. The number of carbonyl (C=O) groups excluding carboxylic acids is 1. The summed E-state index contributed by atoms with van der Waals surface area (Å²) < 4.78 is 28.0. The molecule has 2 fully saturated rings. The number of hydrogen-bond acceptors (Lipinski definition) is 6. The Kier molecular flexibility index (Phi) is 5.09. The average molecular weight is 385 g/mol. The zero-order valence-corrected chi connectivity index (χ0v) is 15.3. The van der Waals surface area contributed by atoms with Gasteiger partial charge in [-0.1, -0.05) is 0 Å². The van der Waals surface area contributed by atoms with E-state index in [1.54, 1.807) is 0 Å². The molecule has 3 rings (SSSR count). The first kappa shape index (κ1) is 18.9. The minimum Gasteiger partial charge on any atom is -0.480 e. The fourth-order valence-electron chi connectivity index (χ4n) is 3.27. The number of carboxylic acid groups (broad SMARTS) is 1. The van der Waals surface area contributed by atoms with Crippen molar-refractivity contribution in [3.05, 3.63) is 17.6 Å². The number of furan rings is 1. The molecule has 144 valence electrons. The second-order valence-electron chi connectivity index (χ2n) is 7.14. The molecule has 0 bridgehead atoms. The Morgan fingerprint density at radius 1 is 1.38 bits per heavy atom. The lowest BCUT2D eigenvalue weighted by atomic mass is 9.85. The number of carbonyl (C=O) groups is 2. The summed E-state index contributed by atoms with van der Waals surface area (Å²) >= 11 is 0. The Hall–Kier alpha value is -1.91. The van der Waals surface area contributed by atoms with Crippen LogP contribution in [-0.4, -0.2) is 55.5 Å². The van der Waals surface area contributed by atoms with Crippen LogP contribution in [0.5, 0.6) is 0 Å². The van der Waals surface area contributed by atoms with Gasteiger partial charge in [0.1, 0.15) is 10.7 Å². The molecule has 2 aliphatic carbocycles. The van der Waals surface area contributed by atoms with Gasteiger partial charge in [-0.15, -0.1) is 0 Å². The highest BCUT2D eigenvalue weighted by atomic mass is 32.2. The van der Waals surface area contributed by atoms with E-state index in [4.69, 9.17) is 14.7 Å². The normalized spacial score (nSPS) is 22.9. The molecule has 0 atom stereocenters. The molecular formula is C16H23N3O6S. The van der Waals surface area contributed by atoms with Crippen molar-refractivity contribution in [3.63, 3.8) is 0 Å². The van der Waals surface area contributed by atoms with Crippen LogP contribution in [0, 0.1) is 12.8 Å². The first-order chi connectivity index (χ1) is 12.1. The molecule has 2 saturated carbocycles. The minimum absolute atomic E-state index is 0.0108. The van der Waals surface area contributed by atoms with Crippen molar-refractivity contribution in [2.24, 2.45) is 11.1 Å². The van der Waals surface area contributed by atoms with Crippen molar-refractivity contribution in [1.82, 2.24) is 10.2 Å². The Bertz CT molecular complexity index is 808. The van der Waals surface area contributed by atoms with Gasteiger partial charge in [-0.2, -0.15) is 0 Å². The fourth-order valence-corrected chi connectivity index (χ4v) is 3.98. The van der Waals surface area contributed by atoms with Crippen LogP contribution < -0.4 is 10.5 Å². The second kappa shape index (κ2) is 7.01. The van der Waals surface area contributed by atoms with E-state index in [1.165, 1.54) is 6.92 Å². The van der Waals surface area contributed by atoms with Crippen molar-refractivity contribution in [2.75, 3.05) is 13.1 Å². The van der Waals surface area contributed by atoms with E-state index in [0.29, 0.717) is 18.8 Å². The summed E-state index contributed by atoms with van der Waals surface area (Å²) in [6.07, 6.45) is 3.61. The molecule has 1 aromatic rings. The van der Waals surface area contributed by atoms with Gasteiger partial charge in [-0.05, 0) is 38.5 Å². The molecule has 1 aromatic heterocycles. The van der Waals surface area contributed by atoms with Crippen molar-refractivity contribution in [1.29, 1.82) is 0 Å². The summed E-state index contributed by atoms with van der Waals surface area (Å²) in [5.74, 6) is -0.791. The van der Waals surface area contributed by atoms with Crippen LogP contribution in [0.3, 0.4) is 0 Å². The molecule has 0 aromatic carbocycles. The highest BCUT2D eigenvalue weighted by Crippen LogP contribution is 2.34. The summed E-state index contributed by atoms with van der Waals surface area (Å²) in [4.78, 5) is 25.0. The third kappa shape index (κ3) is 4.43. The zero-order chi connectivity index (χ0) is 19.1. The lowest BCUT2D eigenvalue weighted by molar-refractivity contribution is -0.139. The smallest absolute Gasteiger partial charge is 0.317 e. The fraction of sp³-hybridized carbons (Fsp3) is 0.625. The average Bonchev–Trinajstić information content (AvgIpc) is 3.19. The number of hydrogen-bond donors (Lipinski definition) is 3. The molecule has 4 N–H and O–H groups in total. The molecule has 1 amide bonds. The number of aliphatic carboxylic acids is 1. The standard InChI is InChI=1S/C16H23N3O6S/c1-9-14(26(17,23)24)6-13(25-9)16(22)18-11-4-12(5-11)19(8-15(20)21)7-10-2-3-10/h6,10-12H,2-5,7-8H2,1H3,(H,18,22)(H,20,21)(H2,17,23,24). The molecule has 1 heterocycles. The molecule has 10 heteroatoms. The van der Waals surface area contributed by atoms with Crippen molar-refractivity contribution in [2.45, 2.75) is 49.6 Å². The monoisotopic (exact) mass is 385 g/mol. The molecule has 26 heavy (non-hydrogen) atoms. The first-order valence-corrected chi connectivity index (χ1v) is 10.1. The van der Waals surface area contributed by atoms with E-state index in [-0.39, 0.29) is 35.0 Å².